The molecule has 0 radical (unpaired) electrons. The van der Waals surface area contributed by atoms with Gasteiger partial charge in [-0.3, -0.25) is 0 Å². The fourth-order valence-corrected chi connectivity index (χ4v) is 6.72. The lowest BCUT2D eigenvalue weighted by Gasteiger charge is -2.18. The number of aliphatic carboxylic acids is 1. The number of carboxylic acids is 1. The number of oxazole rings is 2. The third-order valence-electron chi connectivity index (χ3n) is 9.91. The Labute approximate surface area is 356 Å². The highest BCUT2D eigenvalue weighted by Gasteiger charge is 2.22. The van der Waals surface area contributed by atoms with Crippen molar-refractivity contribution in [3.05, 3.63) is 131 Å². The van der Waals surface area contributed by atoms with E-state index in [-0.39, 0.29) is 12.1 Å². The van der Waals surface area contributed by atoms with E-state index in [0.29, 0.717) is 69.6 Å². The molecule has 61 heavy (non-hydrogen) atoms. The van der Waals surface area contributed by atoms with Crippen molar-refractivity contribution in [2.75, 3.05) is 26.4 Å². The maximum Gasteiger partial charge on any atom is 0.335 e. The standard InChI is InChI=1S/C49H54N2O10/c1-7-55-44(48(52)53)29-34-9-21-40(22-10-34)57-27-25-42-32(5)60-46(50-42)38-17-13-36(14-18-38)37-15-19-39(20-16-37)47-51-43(33(6)61-47)26-28-58-41-23-11-35(12-24-41)30-45(56-8-2)49(54)59-31(3)4/h9-24,31,44-45H,7-8,25-30H2,1-6H3,(H,52,53). The molecule has 0 aliphatic heterocycles. The topological polar surface area (TPSA) is 153 Å². The van der Waals surface area contributed by atoms with Gasteiger partial charge >= 0.3 is 11.9 Å². The van der Waals surface area contributed by atoms with Crippen molar-refractivity contribution in [2.24, 2.45) is 0 Å². The summed E-state index contributed by atoms with van der Waals surface area (Å²) in [6, 6.07) is 31.2. The Hall–Kier alpha value is -6.24. The lowest BCUT2D eigenvalue weighted by atomic mass is 10.0. The molecule has 12 heteroatoms. The van der Waals surface area contributed by atoms with Crippen LogP contribution in [0.2, 0.25) is 0 Å². The summed E-state index contributed by atoms with van der Waals surface area (Å²) in [6.45, 7) is 12.7. The maximum atomic E-state index is 12.4. The number of aromatic nitrogens is 2. The zero-order valence-corrected chi connectivity index (χ0v) is 35.6. The zero-order chi connectivity index (χ0) is 43.3. The summed E-state index contributed by atoms with van der Waals surface area (Å²) in [6.07, 6.45) is 0.146. The van der Waals surface area contributed by atoms with Crippen molar-refractivity contribution in [3.8, 4) is 45.5 Å². The highest BCUT2D eigenvalue weighted by atomic mass is 16.6. The molecule has 0 saturated heterocycles. The number of nitrogens with zero attached hydrogens (tertiary/aromatic N) is 2. The van der Waals surface area contributed by atoms with Crippen molar-refractivity contribution in [2.45, 2.75) is 85.5 Å². The summed E-state index contributed by atoms with van der Waals surface area (Å²) in [7, 11) is 0. The van der Waals surface area contributed by atoms with Gasteiger partial charge in [-0.15, -0.1) is 0 Å². The second-order valence-electron chi connectivity index (χ2n) is 14.8. The molecule has 2 unspecified atom stereocenters. The molecule has 320 valence electrons. The number of aryl methyl sites for hydroxylation is 2. The van der Waals surface area contributed by atoms with Gasteiger partial charge in [0.1, 0.15) is 23.0 Å². The van der Waals surface area contributed by atoms with E-state index in [9.17, 15) is 14.7 Å². The molecule has 2 heterocycles. The number of carboxylic acid groups (broad SMARTS) is 1. The van der Waals surface area contributed by atoms with Crippen molar-refractivity contribution < 1.29 is 47.2 Å². The van der Waals surface area contributed by atoms with Crippen LogP contribution in [0.15, 0.2) is 106 Å². The molecule has 2 aromatic heterocycles. The van der Waals surface area contributed by atoms with E-state index in [4.69, 9.17) is 42.5 Å². The van der Waals surface area contributed by atoms with Gasteiger partial charge in [-0.2, -0.15) is 0 Å². The van der Waals surface area contributed by atoms with Crippen LogP contribution in [0, 0.1) is 13.8 Å². The third-order valence-corrected chi connectivity index (χ3v) is 9.91. The van der Waals surface area contributed by atoms with Crippen LogP contribution in [0.1, 0.15) is 61.7 Å². The first-order valence-corrected chi connectivity index (χ1v) is 20.7. The number of ether oxygens (including phenoxy) is 5. The number of hydrogen-bond acceptors (Lipinski definition) is 11. The van der Waals surface area contributed by atoms with E-state index in [1.54, 1.807) is 6.92 Å². The van der Waals surface area contributed by atoms with Crippen molar-refractivity contribution in [1.82, 2.24) is 9.97 Å². The van der Waals surface area contributed by atoms with Gasteiger partial charge in [0, 0.05) is 50.0 Å². The average Bonchev–Trinajstić information content (AvgIpc) is 3.82. The first-order chi connectivity index (χ1) is 29.5. The number of carbonyl (C=O) groups excluding carboxylic acids is 1. The Balaban J connectivity index is 0.974. The van der Waals surface area contributed by atoms with Gasteiger partial charge in [0.15, 0.2) is 12.2 Å². The molecule has 0 amide bonds. The molecule has 4 aromatic carbocycles. The van der Waals surface area contributed by atoms with Gasteiger partial charge in [-0.1, -0.05) is 48.5 Å². The van der Waals surface area contributed by atoms with E-state index in [0.717, 1.165) is 62.0 Å². The molecule has 12 nitrogen and oxygen atoms in total. The van der Waals surface area contributed by atoms with Gasteiger partial charge in [0.05, 0.1) is 30.7 Å². The van der Waals surface area contributed by atoms with Crippen LogP contribution in [0.25, 0.3) is 34.0 Å². The lowest BCUT2D eigenvalue weighted by Crippen LogP contribution is -2.30. The molecule has 0 bridgehead atoms. The van der Waals surface area contributed by atoms with E-state index in [1.165, 1.54) is 0 Å². The molecular weight excluding hydrogens is 777 g/mol. The van der Waals surface area contributed by atoms with Crippen LogP contribution in [-0.4, -0.2) is 71.8 Å². The number of rotatable bonds is 22. The van der Waals surface area contributed by atoms with Crippen LogP contribution in [-0.2, 0) is 49.5 Å². The molecule has 6 aromatic rings. The summed E-state index contributed by atoms with van der Waals surface area (Å²) < 4.78 is 40.4. The Bertz CT molecular complexity index is 2310. The maximum absolute atomic E-state index is 12.4. The van der Waals surface area contributed by atoms with Crippen molar-refractivity contribution in [1.29, 1.82) is 0 Å². The Morgan fingerprint density at radius 2 is 0.984 bits per heavy atom. The second-order valence-corrected chi connectivity index (χ2v) is 14.8. The molecule has 6 rings (SSSR count). The molecule has 0 fully saturated rings. The number of hydrogen-bond donors (Lipinski definition) is 1. The van der Waals surface area contributed by atoms with Crippen LogP contribution in [0.4, 0.5) is 0 Å². The summed E-state index contributed by atoms with van der Waals surface area (Å²) in [4.78, 5) is 33.4. The predicted molar refractivity (Wildman–Crippen MR) is 231 cm³/mol. The van der Waals surface area contributed by atoms with Crippen LogP contribution >= 0.6 is 0 Å². The second kappa shape index (κ2) is 21.3. The van der Waals surface area contributed by atoms with Gasteiger partial charge in [-0.25, -0.2) is 19.6 Å². The quantitative estimate of drug-likeness (QED) is 0.0649. The zero-order valence-electron chi connectivity index (χ0n) is 35.6. The van der Waals surface area contributed by atoms with Crippen LogP contribution in [0.5, 0.6) is 11.5 Å². The largest absolute Gasteiger partial charge is 0.493 e. The van der Waals surface area contributed by atoms with E-state index in [2.05, 4.69) is 12.1 Å². The molecule has 0 saturated carbocycles. The molecule has 0 aliphatic carbocycles. The first-order valence-electron chi connectivity index (χ1n) is 20.7. The van der Waals surface area contributed by atoms with E-state index >= 15 is 0 Å². The summed E-state index contributed by atoms with van der Waals surface area (Å²) in [5.74, 6) is 2.68. The molecule has 0 aliphatic rings. The summed E-state index contributed by atoms with van der Waals surface area (Å²) in [5, 5.41) is 9.35. The average molecular weight is 831 g/mol. The van der Waals surface area contributed by atoms with Gasteiger partial charge in [-0.05, 0) is 112 Å². The summed E-state index contributed by atoms with van der Waals surface area (Å²) >= 11 is 0. The summed E-state index contributed by atoms with van der Waals surface area (Å²) in [5.41, 5.74) is 7.33. The predicted octanol–water partition coefficient (Wildman–Crippen LogP) is 9.45. The van der Waals surface area contributed by atoms with Crippen LogP contribution < -0.4 is 9.47 Å². The van der Waals surface area contributed by atoms with Crippen molar-refractivity contribution in [3.63, 3.8) is 0 Å². The Morgan fingerprint density at radius 3 is 1.38 bits per heavy atom. The SMILES string of the molecule is CCOC(Cc1ccc(OCCc2nc(-c3ccc(-c4ccc(-c5nc(CCOc6ccc(CC(OCC)C(=O)OC(C)C)cc6)c(C)o5)cc4)cc3)oc2C)cc1)C(=O)O. The lowest BCUT2D eigenvalue weighted by molar-refractivity contribution is -0.160. The third kappa shape index (κ3) is 12.4. The highest BCUT2D eigenvalue weighted by molar-refractivity contribution is 5.75. The minimum Gasteiger partial charge on any atom is -0.493 e. The number of carbonyl (C=O) groups is 2. The normalized spacial score (nSPS) is 12.3. The first kappa shape index (κ1) is 44.3. The number of esters is 1. The molecule has 2 atom stereocenters. The molecular formula is C49H54N2O10. The fraction of sp³-hybridized carbons (Fsp3) is 0.347. The Morgan fingerprint density at radius 1 is 0.590 bits per heavy atom. The van der Waals surface area contributed by atoms with E-state index < -0.39 is 18.2 Å². The minimum absolute atomic E-state index is 0.200. The van der Waals surface area contributed by atoms with Gasteiger partial charge < -0.3 is 37.6 Å². The van der Waals surface area contributed by atoms with Gasteiger partial charge in [0.25, 0.3) is 0 Å². The van der Waals surface area contributed by atoms with Crippen molar-refractivity contribution >= 4 is 11.9 Å². The fourth-order valence-electron chi connectivity index (χ4n) is 6.72. The smallest absolute Gasteiger partial charge is 0.335 e. The Kier molecular flexibility index (Phi) is 15.5. The van der Waals surface area contributed by atoms with E-state index in [1.807, 2.05) is 120 Å². The van der Waals surface area contributed by atoms with Gasteiger partial charge in [0.2, 0.25) is 11.8 Å². The molecule has 1 N–H and O–H groups in total. The monoisotopic (exact) mass is 830 g/mol. The molecule has 0 spiro atoms. The van der Waals surface area contributed by atoms with Crippen LogP contribution in [0.3, 0.4) is 0 Å². The highest BCUT2D eigenvalue weighted by Crippen LogP contribution is 2.29. The number of benzene rings is 4. The minimum atomic E-state index is -0.973.